The van der Waals surface area contributed by atoms with Crippen LogP contribution in [0.5, 0.6) is 11.5 Å². The molecule has 1 fully saturated rings. The summed E-state index contributed by atoms with van der Waals surface area (Å²) in [5, 5.41) is 0. The molecule has 21 heavy (non-hydrogen) atoms. The van der Waals surface area contributed by atoms with Crippen LogP contribution in [0.1, 0.15) is 26.3 Å². The average Bonchev–Trinajstić information content (AvgIpc) is 2.63. The maximum Gasteiger partial charge on any atom is 0.226 e. The Hall–Kier alpha value is -1.71. The number of carbonyl (C=O) groups is 1. The molecule has 1 aliphatic heterocycles. The van der Waals surface area contributed by atoms with Crippen LogP contribution in [-0.2, 0) is 11.2 Å². The fourth-order valence-electron chi connectivity index (χ4n) is 3.31. The zero-order valence-electron chi connectivity index (χ0n) is 13.8. The first-order valence-electron chi connectivity index (χ1n) is 7.32. The molecule has 3 unspecified atom stereocenters. The van der Waals surface area contributed by atoms with Gasteiger partial charge in [0.05, 0.1) is 14.2 Å². The Balaban J connectivity index is 2.31. The Morgan fingerprint density at radius 1 is 1.19 bits per heavy atom. The van der Waals surface area contributed by atoms with Crippen LogP contribution in [0.2, 0.25) is 0 Å². The van der Waals surface area contributed by atoms with E-state index in [1.807, 2.05) is 31.0 Å². The molecule has 2 rings (SSSR count). The molecule has 0 aromatic heterocycles. The largest absolute Gasteiger partial charge is 0.493 e. The van der Waals surface area contributed by atoms with Crippen LogP contribution in [0.3, 0.4) is 0 Å². The molecule has 116 valence electrons. The topological polar surface area (TPSA) is 38.8 Å². The second-order valence-electron chi connectivity index (χ2n) is 6.22. The molecule has 1 amide bonds. The lowest BCUT2D eigenvalue weighted by atomic mass is 9.71. The summed E-state index contributed by atoms with van der Waals surface area (Å²) in [7, 11) is 5.17. The molecule has 0 bridgehead atoms. The van der Waals surface area contributed by atoms with Crippen LogP contribution in [0.15, 0.2) is 18.2 Å². The summed E-state index contributed by atoms with van der Waals surface area (Å²) in [5.74, 6) is 1.71. The maximum atomic E-state index is 12.2. The molecule has 1 saturated heterocycles. The van der Waals surface area contributed by atoms with E-state index in [1.165, 1.54) is 0 Å². The highest BCUT2D eigenvalue weighted by Crippen LogP contribution is 2.44. The smallest absolute Gasteiger partial charge is 0.226 e. The van der Waals surface area contributed by atoms with Gasteiger partial charge in [0.1, 0.15) is 0 Å². The molecule has 4 heteroatoms. The van der Waals surface area contributed by atoms with Gasteiger partial charge in [-0.1, -0.05) is 19.9 Å². The minimum absolute atomic E-state index is 0.0191. The first kappa shape index (κ1) is 15.7. The molecule has 0 saturated carbocycles. The molecule has 0 N–H and O–H groups in total. The van der Waals surface area contributed by atoms with Gasteiger partial charge in [0, 0.05) is 24.4 Å². The SMILES string of the molecule is COc1ccc(CC2(C)C(C)C(=O)N(C)C2C)cc1OC. The van der Waals surface area contributed by atoms with Crippen molar-refractivity contribution in [3.8, 4) is 11.5 Å². The number of benzene rings is 1. The zero-order chi connectivity index (χ0) is 15.8. The number of methoxy groups -OCH3 is 2. The number of carbonyl (C=O) groups excluding carboxylic acids is 1. The van der Waals surface area contributed by atoms with Crippen LogP contribution in [-0.4, -0.2) is 38.1 Å². The van der Waals surface area contributed by atoms with E-state index in [0.717, 1.165) is 23.5 Å². The van der Waals surface area contributed by atoms with Crippen molar-refractivity contribution in [2.75, 3.05) is 21.3 Å². The second-order valence-corrected chi connectivity index (χ2v) is 6.22. The predicted octanol–water partition coefficient (Wildman–Crippen LogP) is 2.75. The minimum atomic E-state index is -0.0779. The summed E-state index contributed by atoms with van der Waals surface area (Å²) >= 11 is 0. The van der Waals surface area contributed by atoms with Gasteiger partial charge in [0.2, 0.25) is 5.91 Å². The molecular weight excluding hydrogens is 266 g/mol. The Labute approximate surface area is 127 Å². The number of likely N-dealkylation sites (tertiary alicyclic amines) is 1. The summed E-state index contributed by atoms with van der Waals surface area (Å²) in [6.45, 7) is 6.35. The van der Waals surface area contributed by atoms with E-state index < -0.39 is 0 Å². The maximum absolute atomic E-state index is 12.2. The first-order chi connectivity index (χ1) is 9.85. The van der Waals surface area contributed by atoms with E-state index in [4.69, 9.17) is 9.47 Å². The molecular formula is C17H25NO3. The van der Waals surface area contributed by atoms with Crippen molar-refractivity contribution >= 4 is 5.91 Å². The number of ether oxygens (including phenoxy) is 2. The zero-order valence-corrected chi connectivity index (χ0v) is 13.8. The van der Waals surface area contributed by atoms with Crippen molar-refractivity contribution in [2.45, 2.75) is 33.2 Å². The summed E-state index contributed by atoms with van der Waals surface area (Å²) in [6, 6.07) is 6.20. The standard InChI is InChI=1S/C17H25NO3/c1-11-16(19)18(4)12(2)17(11,3)10-13-7-8-14(20-5)15(9-13)21-6/h7-9,11-12H,10H2,1-6H3. The van der Waals surface area contributed by atoms with Gasteiger partial charge in [-0.25, -0.2) is 0 Å². The lowest BCUT2D eigenvalue weighted by Gasteiger charge is -2.33. The molecule has 1 heterocycles. The molecule has 0 aliphatic carbocycles. The normalized spacial score (nSPS) is 28.9. The molecule has 1 aliphatic rings. The van der Waals surface area contributed by atoms with E-state index in [0.29, 0.717) is 0 Å². The quantitative estimate of drug-likeness (QED) is 0.856. The van der Waals surface area contributed by atoms with Crippen molar-refractivity contribution < 1.29 is 14.3 Å². The number of nitrogens with zero attached hydrogens (tertiary/aromatic N) is 1. The Morgan fingerprint density at radius 2 is 1.81 bits per heavy atom. The highest BCUT2D eigenvalue weighted by Gasteiger charge is 2.50. The third-order valence-corrected chi connectivity index (χ3v) is 5.28. The van der Waals surface area contributed by atoms with Crippen LogP contribution in [0, 0.1) is 11.3 Å². The van der Waals surface area contributed by atoms with Crippen molar-refractivity contribution in [3.63, 3.8) is 0 Å². The molecule has 0 spiro atoms. The predicted molar refractivity (Wildman–Crippen MR) is 82.8 cm³/mol. The van der Waals surface area contributed by atoms with Gasteiger partial charge in [-0.2, -0.15) is 0 Å². The fourth-order valence-corrected chi connectivity index (χ4v) is 3.31. The van der Waals surface area contributed by atoms with Gasteiger partial charge in [0.25, 0.3) is 0 Å². The van der Waals surface area contributed by atoms with Gasteiger partial charge >= 0.3 is 0 Å². The van der Waals surface area contributed by atoms with Crippen molar-refractivity contribution in [2.24, 2.45) is 11.3 Å². The molecule has 3 atom stereocenters. The van der Waals surface area contributed by atoms with Gasteiger partial charge in [-0.3, -0.25) is 4.79 Å². The summed E-state index contributed by atoms with van der Waals surface area (Å²) in [5.41, 5.74) is 1.09. The molecule has 0 radical (unpaired) electrons. The van der Waals surface area contributed by atoms with E-state index in [1.54, 1.807) is 14.2 Å². The van der Waals surface area contributed by atoms with Gasteiger partial charge in [-0.15, -0.1) is 0 Å². The van der Waals surface area contributed by atoms with Gasteiger partial charge < -0.3 is 14.4 Å². The summed E-state index contributed by atoms with van der Waals surface area (Å²) in [4.78, 5) is 14.1. The number of hydrogen-bond donors (Lipinski definition) is 0. The molecule has 1 aromatic carbocycles. The highest BCUT2D eigenvalue weighted by molar-refractivity contribution is 5.82. The fraction of sp³-hybridized carbons (Fsp3) is 0.588. The monoisotopic (exact) mass is 291 g/mol. The molecule has 4 nitrogen and oxygen atoms in total. The Morgan fingerprint density at radius 3 is 2.29 bits per heavy atom. The first-order valence-corrected chi connectivity index (χ1v) is 7.32. The van der Waals surface area contributed by atoms with Crippen LogP contribution < -0.4 is 9.47 Å². The number of rotatable bonds is 4. The Bertz CT molecular complexity index is 543. The van der Waals surface area contributed by atoms with Gasteiger partial charge in [0.15, 0.2) is 11.5 Å². The Kier molecular flexibility index (Phi) is 4.17. The lowest BCUT2D eigenvalue weighted by molar-refractivity contribution is -0.130. The van der Waals surface area contributed by atoms with Crippen molar-refractivity contribution in [3.05, 3.63) is 23.8 Å². The van der Waals surface area contributed by atoms with E-state index >= 15 is 0 Å². The number of hydrogen-bond acceptors (Lipinski definition) is 3. The molecule has 1 aromatic rings. The van der Waals surface area contributed by atoms with E-state index in [9.17, 15) is 4.79 Å². The minimum Gasteiger partial charge on any atom is -0.493 e. The highest BCUT2D eigenvalue weighted by atomic mass is 16.5. The number of amides is 1. The van der Waals surface area contributed by atoms with Crippen molar-refractivity contribution in [1.29, 1.82) is 0 Å². The van der Waals surface area contributed by atoms with Gasteiger partial charge in [-0.05, 0) is 31.0 Å². The van der Waals surface area contributed by atoms with Crippen LogP contribution in [0.4, 0.5) is 0 Å². The van der Waals surface area contributed by atoms with E-state index in [-0.39, 0.29) is 23.3 Å². The second kappa shape index (κ2) is 5.58. The lowest BCUT2D eigenvalue weighted by Crippen LogP contribution is -2.36. The summed E-state index contributed by atoms with van der Waals surface area (Å²) in [6.07, 6.45) is 0.839. The van der Waals surface area contributed by atoms with Crippen LogP contribution in [0.25, 0.3) is 0 Å². The average molecular weight is 291 g/mol. The third-order valence-electron chi connectivity index (χ3n) is 5.28. The van der Waals surface area contributed by atoms with Crippen LogP contribution >= 0.6 is 0 Å². The van der Waals surface area contributed by atoms with Crippen molar-refractivity contribution in [1.82, 2.24) is 4.90 Å². The third kappa shape index (κ3) is 2.47. The summed E-state index contributed by atoms with van der Waals surface area (Å²) < 4.78 is 10.6. The van der Waals surface area contributed by atoms with E-state index in [2.05, 4.69) is 19.9 Å².